The molecule has 1 fully saturated rings. The Labute approximate surface area is 413 Å². The number of nitrogens with zero attached hydrogens (tertiary/aromatic N) is 5. The molecule has 2 heterocycles. The van der Waals surface area contributed by atoms with Gasteiger partial charge in [0.15, 0.2) is 11.9 Å². The fourth-order valence-electron chi connectivity index (χ4n) is 7.29. The molecule has 1 aliphatic rings. The van der Waals surface area contributed by atoms with Gasteiger partial charge in [-0.2, -0.15) is 0 Å². The summed E-state index contributed by atoms with van der Waals surface area (Å²) in [7, 11) is -4.66. The molecule has 1 unspecified atom stereocenters. The lowest BCUT2D eigenvalue weighted by atomic mass is 9.98. The number of carbonyl (C=O) groups is 4. The van der Waals surface area contributed by atoms with Gasteiger partial charge in [-0.1, -0.05) is 105 Å². The van der Waals surface area contributed by atoms with Gasteiger partial charge in [-0.05, 0) is 97.3 Å². The van der Waals surface area contributed by atoms with Crippen molar-refractivity contribution in [1.82, 2.24) is 29.9 Å². The van der Waals surface area contributed by atoms with Gasteiger partial charge in [0.1, 0.15) is 18.1 Å². The molecule has 0 radical (unpaired) electrons. The topological polar surface area (TPSA) is 154 Å². The summed E-state index contributed by atoms with van der Waals surface area (Å²) in [5.74, 6) is 0.200. The van der Waals surface area contributed by atoms with Crippen LogP contribution in [0.1, 0.15) is 122 Å². The SMILES string of the molecule is CCNC(=O)c1nnc(-c2cc(C(C)C)c(O[Si](C)(C)C(C)(C)C)cc2O[Si](C)(C)C(C)(C)C)n1-c1ccc(CN2CCN(C(=O)CCC(C)C(=O)O[C@@H](C)C(=O)OCc3ccccc3)CC2)cc1. The first-order valence-electron chi connectivity index (χ1n) is 24.5. The Bertz CT molecular complexity index is 2400. The predicted octanol–water partition coefficient (Wildman–Crippen LogP) is 10.3. The molecule has 0 bridgehead atoms. The fourth-order valence-corrected chi connectivity index (χ4v) is 9.34. The van der Waals surface area contributed by atoms with Gasteiger partial charge in [0.05, 0.1) is 11.5 Å². The zero-order valence-corrected chi connectivity index (χ0v) is 45.9. The van der Waals surface area contributed by atoms with Crippen LogP contribution in [0.2, 0.25) is 36.3 Å². The van der Waals surface area contributed by atoms with Gasteiger partial charge in [0.25, 0.3) is 14.2 Å². The predicted molar refractivity (Wildman–Crippen MR) is 277 cm³/mol. The van der Waals surface area contributed by atoms with E-state index in [0.717, 1.165) is 33.7 Å². The molecule has 1 saturated heterocycles. The molecule has 4 aromatic rings. The lowest BCUT2D eigenvalue weighted by Gasteiger charge is -2.39. The van der Waals surface area contributed by atoms with E-state index in [1.54, 1.807) is 6.92 Å². The molecule has 5 rings (SSSR count). The summed E-state index contributed by atoms with van der Waals surface area (Å²) in [5.41, 5.74) is 4.42. The van der Waals surface area contributed by atoms with E-state index in [0.29, 0.717) is 57.3 Å². The van der Waals surface area contributed by atoms with Crippen molar-refractivity contribution in [2.24, 2.45) is 5.92 Å². The summed E-state index contributed by atoms with van der Waals surface area (Å²) in [6, 6.07) is 21.6. The highest BCUT2D eigenvalue weighted by atomic mass is 28.4. The average Bonchev–Trinajstić information content (AvgIpc) is 3.72. The Morgan fingerprint density at radius 3 is 1.90 bits per heavy atom. The van der Waals surface area contributed by atoms with Crippen LogP contribution in [0, 0.1) is 5.92 Å². The minimum atomic E-state index is -2.41. The van der Waals surface area contributed by atoms with Crippen LogP contribution in [0.5, 0.6) is 11.5 Å². The highest BCUT2D eigenvalue weighted by Crippen LogP contribution is 2.46. The Morgan fingerprint density at radius 1 is 0.739 bits per heavy atom. The van der Waals surface area contributed by atoms with Crippen molar-refractivity contribution in [3.05, 3.63) is 89.2 Å². The van der Waals surface area contributed by atoms with Crippen molar-refractivity contribution >= 4 is 40.4 Å². The Balaban J connectivity index is 1.30. The number of amides is 2. The summed E-state index contributed by atoms with van der Waals surface area (Å²) in [6.45, 7) is 35.4. The smallest absolute Gasteiger partial charge is 0.347 e. The first kappa shape index (κ1) is 54.6. The van der Waals surface area contributed by atoms with Crippen LogP contribution in [-0.4, -0.2) is 104 Å². The Hall–Kier alpha value is -5.33. The van der Waals surface area contributed by atoms with Gasteiger partial charge in [0.2, 0.25) is 20.0 Å². The van der Waals surface area contributed by atoms with Crippen molar-refractivity contribution in [2.45, 2.75) is 150 Å². The molecule has 0 saturated carbocycles. The summed E-state index contributed by atoms with van der Waals surface area (Å²) >= 11 is 0. The van der Waals surface area contributed by atoms with E-state index in [1.807, 2.05) is 58.9 Å². The van der Waals surface area contributed by atoms with Crippen LogP contribution in [0.4, 0.5) is 0 Å². The van der Waals surface area contributed by atoms with Crippen molar-refractivity contribution in [1.29, 1.82) is 0 Å². The summed E-state index contributed by atoms with van der Waals surface area (Å²) in [5, 5.41) is 12.1. The van der Waals surface area contributed by atoms with Gasteiger partial charge in [-0.15, -0.1) is 10.2 Å². The molecular formula is C53H78N6O8Si2. The maximum Gasteiger partial charge on any atom is 0.347 e. The van der Waals surface area contributed by atoms with E-state index in [9.17, 15) is 19.2 Å². The van der Waals surface area contributed by atoms with Crippen LogP contribution in [-0.2, 0) is 37.0 Å². The van der Waals surface area contributed by atoms with Crippen LogP contribution < -0.4 is 14.2 Å². The Morgan fingerprint density at radius 2 is 1.33 bits per heavy atom. The molecule has 376 valence electrons. The van der Waals surface area contributed by atoms with Crippen LogP contribution in [0.3, 0.4) is 0 Å². The van der Waals surface area contributed by atoms with Gasteiger partial charge in [-0.3, -0.25) is 23.9 Å². The average molecular weight is 983 g/mol. The van der Waals surface area contributed by atoms with Crippen molar-refractivity contribution in [3.63, 3.8) is 0 Å². The molecule has 14 nitrogen and oxygen atoms in total. The van der Waals surface area contributed by atoms with Gasteiger partial charge < -0.3 is 28.5 Å². The van der Waals surface area contributed by atoms with E-state index in [2.05, 4.69) is 121 Å². The molecule has 1 aromatic heterocycles. The lowest BCUT2D eigenvalue weighted by molar-refractivity contribution is -0.169. The third-order valence-corrected chi connectivity index (χ3v) is 22.6. The fraction of sp³-hybridized carbons (Fsp3) is 0.547. The highest BCUT2D eigenvalue weighted by molar-refractivity contribution is 6.75. The molecule has 2 atom stereocenters. The number of carbonyl (C=O) groups excluding carboxylic acids is 4. The zero-order valence-electron chi connectivity index (χ0n) is 43.9. The molecule has 16 heteroatoms. The number of benzene rings is 3. The maximum atomic E-state index is 13.7. The molecule has 3 aromatic carbocycles. The first-order chi connectivity index (χ1) is 32.2. The third kappa shape index (κ3) is 13.9. The highest BCUT2D eigenvalue weighted by Gasteiger charge is 2.42. The van der Waals surface area contributed by atoms with Gasteiger partial charge in [-0.25, -0.2) is 4.79 Å². The first-order valence-corrected chi connectivity index (χ1v) is 30.3. The van der Waals surface area contributed by atoms with Crippen LogP contribution >= 0.6 is 0 Å². The standard InChI is InChI=1S/C53H78N6O8Si2/c1-16-54-49(61)48-56-55-47(43-32-42(36(2)3)44(66-68(12,13)52(6,7)8)33-45(43)67-69(14,15)53(9,10)11)59(48)41-25-23-39(24-26-41)34-57-28-30-58(31-29-57)46(60)27-22-37(4)50(62)65-38(5)51(63)64-35-40-20-18-17-19-21-40/h17-21,23-26,32-33,36-38H,16,22,27-31,34-35H2,1-15H3,(H,54,61)/t37?,38-/m0/s1. The van der Waals surface area contributed by atoms with E-state index >= 15 is 0 Å². The minimum Gasteiger partial charge on any atom is -0.543 e. The van der Waals surface area contributed by atoms with Crippen molar-refractivity contribution in [2.75, 3.05) is 32.7 Å². The minimum absolute atomic E-state index is 0.0159. The van der Waals surface area contributed by atoms with Crippen LogP contribution in [0.15, 0.2) is 66.7 Å². The largest absolute Gasteiger partial charge is 0.543 e. The van der Waals surface area contributed by atoms with E-state index in [4.69, 9.17) is 23.4 Å². The molecule has 2 amide bonds. The summed E-state index contributed by atoms with van der Waals surface area (Å²) < 4.78 is 26.7. The number of esters is 2. The zero-order chi connectivity index (χ0) is 51.1. The summed E-state index contributed by atoms with van der Waals surface area (Å²) in [6.07, 6.45) is -0.540. The van der Waals surface area contributed by atoms with Crippen molar-refractivity contribution in [3.8, 4) is 28.6 Å². The quantitative estimate of drug-likeness (QED) is 0.0705. The summed E-state index contributed by atoms with van der Waals surface area (Å²) in [4.78, 5) is 56.3. The van der Waals surface area contributed by atoms with E-state index < -0.39 is 40.6 Å². The lowest BCUT2D eigenvalue weighted by Crippen LogP contribution is -2.48. The van der Waals surface area contributed by atoms with Gasteiger partial charge in [0, 0.05) is 57.4 Å². The van der Waals surface area contributed by atoms with E-state index in [-0.39, 0.29) is 46.7 Å². The van der Waals surface area contributed by atoms with Gasteiger partial charge >= 0.3 is 11.9 Å². The molecule has 0 aliphatic carbocycles. The second kappa shape index (κ2) is 22.6. The van der Waals surface area contributed by atoms with Crippen molar-refractivity contribution < 1.29 is 37.5 Å². The molecular weight excluding hydrogens is 905 g/mol. The molecule has 69 heavy (non-hydrogen) atoms. The second-order valence-corrected chi connectivity index (χ2v) is 31.2. The maximum absolute atomic E-state index is 13.7. The second-order valence-electron chi connectivity index (χ2n) is 21.7. The molecule has 1 aliphatic heterocycles. The molecule has 0 spiro atoms. The Kier molecular flexibility index (Phi) is 17.9. The number of rotatable bonds is 19. The van der Waals surface area contributed by atoms with Crippen LogP contribution in [0.25, 0.3) is 17.1 Å². The van der Waals surface area contributed by atoms with E-state index in [1.165, 1.54) is 6.92 Å². The number of piperazine rings is 1. The monoisotopic (exact) mass is 983 g/mol. The normalized spacial score (nSPS) is 14.8. The number of ether oxygens (including phenoxy) is 2. The number of aromatic nitrogens is 3. The third-order valence-electron chi connectivity index (χ3n) is 13.9. The number of hydrogen-bond acceptors (Lipinski definition) is 11. The number of hydrogen-bond donors (Lipinski definition) is 1. The molecule has 1 N–H and O–H groups in total. The number of nitrogens with one attached hydrogen (secondary N) is 1.